The van der Waals surface area contributed by atoms with Gasteiger partial charge in [0.2, 0.25) is 0 Å². The van der Waals surface area contributed by atoms with Crippen LogP contribution in [-0.4, -0.2) is 16.1 Å². The highest BCUT2D eigenvalue weighted by molar-refractivity contribution is 5.96. The van der Waals surface area contributed by atoms with Gasteiger partial charge in [-0.1, -0.05) is 24.3 Å². The summed E-state index contributed by atoms with van der Waals surface area (Å²) in [6.45, 7) is 3.89. The molecule has 1 aromatic carbocycles. The molecule has 0 atom stereocenters. The molecule has 104 valence electrons. The molecule has 4 heteroatoms. The van der Waals surface area contributed by atoms with Crippen LogP contribution in [0.25, 0.3) is 17.2 Å². The number of aliphatic carboxylic acids is 1. The van der Waals surface area contributed by atoms with Gasteiger partial charge in [-0.05, 0) is 48.7 Å². The maximum atomic E-state index is 10.8. The Balaban J connectivity index is 2.35. The number of hydrogen-bond acceptors (Lipinski definition) is 3. The quantitative estimate of drug-likeness (QED) is 0.690. The first-order valence-electron chi connectivity index (χ1n) is 6.40. The summed E-state index contributed by atoms with van der Waals surface area (Å²) in [5.41, 5.74) is 4.39. The maximum absolute atomic E-state index is 10.8. The Morgan fingerprint density at radius 2 is 1.71 bits per heavy atom. The number of aryl methyl sites for hydroxylation is 2. The molecule has 0 unspecified atom stereocenters. The smallest absolute Gasteiger partial charge is 0.346 e. The van der Waals surface area contributed by atoms with Crippen LogP contribution in [-0.2, 0) is 4.79 Å². The molecule has 1 aromatic heterocycles. The monoisotopic (exact) mass is 278 g/mol. The van der Waals surface area contributed by atoms with Gasteiger partial charge in [-0.25, -0.2) is 4.79 Å². The molecule has 0 radical (unpaired) electrons. The fourth-order valence-corrected chi connectivity index (χ4v) is 2.08. The molecule has 1 heterocycles. The minimum atomic E-state index is -1.22. The molecule has 0 spiro atoms. The molecule has 2 aromatic rings. The van der Waals surface area contributed by atoms with Gasteiger partial charge in [-0.3, -0.25) is 4.98 Å². The van der Waals surface area contributed by atoms with E-state index in [1.165, 1.54) is 6.08 Å². The van der Waals surface area contributed by atoms with E-state index >= 15 is 0 Å². The van der Waals surface area contributed by atoms with Gasteiger partial charge in [0.1, 0.15) is 11.6 Å². The van der Waals surface area contributed by atoms with Crippen molar-refractivity contribution in [2.24, 2.45) is 0 Å². The summed E-state index contributed by atoms with van der Waals surface area (Å²) < 4.78 is 0. The zero-order valence-electron chi connectivity index (χ0n) is 11.8. The Hall–Kier alpha value is -2.93. The number of carboxylic acids is 1. The van der Waals surface area contributed by atoms with Crippen molar-refractivity contribution in [1.82, 2.24) is 4.98 Å². The lowest BCUT2D eigenvalue weighted by atomic mass is 10.0. The third kappa shape index (κ3) is 3.54. The van der Waals surface area contributed by atoms with E-state index < -0.39 is 5.97 Å². The second-order valence-corrected chi connectivity index (χ2v) is 4.74. The van der Waals surface area contributed by atoms with Gasteiger partial charge in [0, 0.05) is 11.4 Å². The number of carbonyl (C=O) groups is 1. The van der Waals surface area contributed by atoms with Crippen LogP contribution in [0.15, 0.2) is 42.0 Å². The van der Waals surface area contributed by atoms with Gasteiger partial charge in [0.25, 0.3) is 0 Å². The lowest BCUT2D eigenvalue weighted by molar-refractivity contribution is -0.132. The average Bonchev–Trinajstić information content (AvgIpc) is 2.44. The highest BCUT2D eigenvalue weighted by atomic mass is 16.4. The fourth-order valence-electron chi connectivity index (χ4n) is 2.08. The van der Waals surface area contributed by atoms with E-state index in [-0.39, 0.29) is 5.57 Å². The van der Waals surface area contributed by atoms with Crippen LogP contribution in [0.1, 0.15) is 17.0 Å². The maximum Gasteiger partial charge on any atom is 0.346 e. The van der Waals surface area contributed by atoms with Crippen molar-refractivity contribution in [2.45, 2.75) is 13.8 Å². The number of benzene rings is 1. The molecule has 0 saturated heterocycles. The average molecular weight is 278 g/mol. The highest BCUT2D eigenvalue weighted by Gasteiger charge is 2.06. The van der Waals surface area contributed by atoms with E-state index in [2.05, 4.69) is 4.98 Å². The zero-order chi connectivity index (χ0) is 15.4. The number of nitrogens with zero attached hydrogens (tertiary/aromatic N) is 2. The molecule has 4 nitrogen and oxygen atoms in total. The topological polar surface area (TPSA) is 74.0 Å². The molecule has 0 aliphatic heterocycles. The first-order chi connectivity index (χ1) is 9.99. The lowest BCUT2D eigenvalue weighted by Crippen LogP contribution is -1.97. The SMILES string of the molecule is Cc1cc(-c2ccc(/C=C(/C#N)C(=O)O)cc2)cc(C)n1. The summed E-state index contributed by atoms with van der Waals surface area (Å²) in [6.07, 6.45) is 1.36. The van der Waals surface area contributed by atoms with E-state index in [1.54, 1.807) is 18.2 Å². The van der Waals surface area contributed by atoms with Crippen molar-refractivity contribution in [3.05, 3.63) is 58.9 Å². The molecule has 21 heavy (non-hydrogen) atoms. The van der Waals surface area contributed by atoms with Gasteiger partial charge < -0.3 is 5.11 Å². The van der Waals surface area contributed by atoms with Crippen molar-refractivity contribution >= 4 is 12.0 Å². The first kappa shape index (κ1) is 14.5. The van der Waals surface area contributed by atoms with E-state index in [1.807, 2.05) is 38.1 Å². The second kappa shape index (κ2) is 6.02. The van der Waals surface area contributed by atoms with E-state index in [0.29, 0.717) is 5.56 Å². The Bertz CT molecular complexity index is 733. The predicted molar refractivity (Wildman–Crippen MR) is 80.4 cm³/mol. The van der Waals surface area contributed by atoms with Crippen LogP contribution >= 0.6 is 0 Å². The Labute approximate surface area is 123 Å². The van der Waals surface area contributed by atoms with Crippen molar-refractivity contribution in [3.8, 4) is 17.2 Å². The van der Waals surface area contributed by atoms with Crippen LogP contribution in [0.5, 0.6) is 0 Å². The summed E-state index contributed by atoms with van der Waals surface area (Å²) in [4.78, 5) is 15.1. The number of carboxylic acid groups (broad SMARTS) is 1. The number of pyridine rings is 1. The number of nitriles is 1. The molecule has 0 bridgehead atoms. The van der Waals surface area contributed by atoms with Crippen LogP contribution < -0.4 is 0 Å². The summed E-state index contributed by atoms with van der Waals surface area (Å²) in [6, 6.07) is 13.0. The second-order valence-electron chi connectivity index (χ2n) is 4.74. The molecule has 0 saturated carbocycles. The molecule has 1 N–H and O–H groups in total. The highest BCUT2D eigenvalue weighted by Crippen LogP contribution is 2.22. The van der Waals surface area contributed by atoms with Gasteiger partial charge in [-0.2, -0.15) is 5.26 Å². The first-order valence-corrected chi connectivity index (χ1v) is 6.40. The number of rotatable bonds is 3. The zero-order valence-corrected chi connectivity index (χ0v) is 11.8. The molecule has 0 aliphatic rings. The van der Waals surface area contributed by atoms with Crippen LogP contribution in [0, 0.1) is 25.2 Å². The summed E-state index contributed by atoms with van der Waals surface area (Å²) in [5.74, 6) is -1.22. The molecular weight excluding hydrogens is 264 g/mol. The van der Waals surface area contributed by atoms with Crippen molar-refractivity contribution in [1.29, 1.82) is 5.26 Å². The van der Waals surface area contributed by atoms with E-state index in [0.717, 1.165) is 22.5 Å². The number of aromatic nitrogens is 1. The largest absolute Gasteiger partial charge is 0.477 e. The van der Waals surface area contributed by atoms with Gasteiger partial charge in [-0.15, -0.1) is 0 Å². The van der Waals surface area contributed by atoms with Gasteiger partial charge in [0.15, 0.2) is 0 Å². The van der Waals surface area contributed by atoms with Crippen LogP contribution in [0.2, 0.25) is 0 Å². The Morgan fingerprint density at radius 3 is 2.19 bits per heavy atom. The standard InChI is InChI=1S/C17H14N2O2/c1-11-7-15(8-12(2)19-11)14-5-3-13(4-6-14)9-16(10-18)17(20)21/h3-9H,1-2H3,(H,20,21)/b16-9-. The normalized spacial score (nSPS) is 11.0. The van der Waals surface area contributed by atoms with Crippen molar-refractivity contribution in [3.63, 3.8) is 0 Å². The van der Waals surface area contributed by atoms with E-state index in [4.69, 9.17) is 10.4 Å². The predicted octanol–water partition coefficient (Wildman–Crippen LogP) is 3.36. The van der Waals surface area contributed by atoms with Crippen LogP contribution in [0.3, 0.4) is 0 Å². The van der Waals surface area contributed by atoms with Crippen LogP contribution in [0.4, 0.5) is 0 Å². The third-order valence-corrected chi connectivity index (χ3v) is 2.99. The third-order valence-electron chi connectivity index (χ3n) is 2.99. The minimum Gasteiger partial charge on any atom is -0.477 e. The summed E-state index contributed by atoms with van der Waals surface area (Å²) in [7, 11) is 0. The summed E-state index contributed by atoms with van der Waals surface area (Å²) in [5, 5.41) is 17.6. The van der Waals surface area contributed by atoms with Crippen molar-refractivity contribution < 1.29 is 9.90 Å². The fraction of sp³-hybridized carbons (Fsp3) is 0.118. The van der Waals surface area contributed by atoms with Crippen molar-refractivity contribution in [2.75, 3.05) is 0 Å². The molecule has 0 aliphatic carbocycles. The van der Waals surface area contributed by atoms with Gasteiger partial charge in [0.05, 0.1) is 0 Å². The molecular formula is C17H14N2O2. The summed E-state index contributed by atoms with van der Waals surface area (Å²) >= 11 is 0. The van der Waals surface area contributed by atoms with Gasteiger partial charge >= 0.3 is 5.97 Å². The molecule has 0 amide bonds. The minimum absolute atomic E-state index is 0.279. The van der Waals surface area contributed by atoms with E-state index in [9.17, 15) is 4.79 Å². The number of hydrogen-bond donors (Lipinski definition) is 1. The Kier molecular flexibility index (Phi) is 4.15. The molecule has 0 fully saturated rings. The molecule has 2 rings (SSSR count). The lowest BCUT2D eigenvalue weighted by Gasteiger charge is -2.05. The Morgan fingerprint density at radius 1 is 1.14 bits per heavy atom.